The topological polar surface area (TPSA) is 54.5 Å². The van der Waals surface area contributed by atoms with E-state index >= 15 is 0 Å². The van der Waals surface area contributed by atoms with Crippen LogP contribution in [0.3, 0.4) is 0 Å². The number of hydrogen-bond donors (Lipinski definition) is 1. The van der Waals surface area contributed by atoms with Crippen LogP contribution in [-0.2, 0) is 6.54 Å². The standard InChI is InChI=1S/C21H17F2N3O2/c1-28-15-7-4-13(5-8-15)12-26-20(19-16(21(26)27)3-2-10-24-19)25-14-6-9-17(22)18(23)11-14/h2-11,20,25H,12H2,1H3/t20-/m1/s1. The quantitative estimate of drug-likeness (QED) is 0.722. The van der Waals surface area contributed by atoms with Crippen molar-refractivity contribution in [1.82, 2.24) is 9.88 Å². The maximum atomic E-state index is 13.6. The second-order valence-corrected chi connectivity index (χ2v) is 6.39. The molecule has 2 heterocycles. The summed E-state index contributed by atoms with van der Waals surface area (Å²) in [6.45, 7) is 0.320. The Kier molecular flexibility index (Phi) is 4.65. The first kappa shape index (κ1) is 17.9. The van der Waals surface area contributed by atoms with E-state index in [1.165, 1.54) is 6.07 Å². The molecule has 1 amide bonds. The summed E-state index contributed by atoms with van der Waals surface area (Å²) in [5, 5.41) is 3.10. The molecule has 1 atom stereocenters. The highest BCUT2D eigenvalue weighted by molar-refractivity contribution is 5.98. The van der Waals surface area contributed by atoms with Gasteiger partial charge in [-0.2, -0.15) is 0 Å². The number of nitrogens with one attached hydrogen (secondary N) is 1. The van der Waals surface area contributed by atoms with Gasteiger partial charge in [0.2, 0.25) is 0 Å². The average molecular weight is 381 g/mol. The number of fused-ring (bicyclic) bond motifs is 1. The van der Waals surface area contributed by atoms with Gasteiger partial charge in [0.1, 0.15) is 11.9 Å². The predicted molar refractivity (Wildman–Crippen MR) is 99.8 cm³/mol. The molecule has 0 aliphatic carbocycles. The van der Waals surface area contributed by atoms with Gasteiger partial charge in [0.15, 0.2) is 11.6 Å². The zero-order valence-electron chi connectivity index (χ0n) is 15.0. The van der Waals surface area contributed by atoms with E-state index < -0.39 is 17.8 Å². The highest BCUT2D eigenvalue weighted by atomic mass is 19.2. The highest BCUT2D eigenvalue weighted by Crippen LogP contribution is 2.34. The van der Waals surface area contributed by atoms with Gasteiger partial charge in [-0.25, -0.2) is 8.78 Å². The van der Waals surface area contributed by atoms with Crippen LogP contribution in [0.5, 0.6) is 5.75 Å². The molecule has 3 aromatic rings. The Morgan fingerprint density at radius 3 is 2.61 bits per heavy atom. The van der Waals surface area contributed by atoms with Crippen molar-refractivity contribution >= 4 is 11.6 Å². The van der Waals surface area contributed by atoms with Crippen molar-refractivity contribution < 1.29 is 18.3 Å². The monoisotopic (exact) mass is 381 g/mol. The molecule has 2 aromatic carbocycles. The lowest BCUT2D eigenvalue weighted by Gasteiger charge is -2.26. The van der Waals surface area contributed by atoms with Crippen LogP contribution < -0.4 is 10.1 Å². The highest BCUT2D eigenvalue weighted by Gasteiger charge is 2.37. The van der Waals surface area contributed by atoms with E-state index in [9.17, 15) is 13.6 Å². The first-order valence-electron chi connectivity index (χ1n) is 8.67. The molecule has 1 aromatic heterocycles. The minimum atomic E-state index is -0.961. The average Bonchev–Trinajstić information content (AvgIpc) is 2.97. The molecule has 0 fully saturated rings. The van der Waals surface area contributed by atoms with E-state index in [0.29, 0.717) is 23.5 Å². The first-order chi connectivity index (χ1) is 13.6. The number of amides is 1. The number of pyridine rings is 1. The van der Waals surface area contributed by atoms with Crippen LogP contribution >= 0.6 is 0 Å². The predicted octanol–water partition coefficient (Wildman–Crippen LogP) is 4.14. The molecular formula is C21H17F2N3O2. The smallest absolute Gasteiger partial charge is 0.258 e. The fourth-order valence-electron chi connectivity index (χ4n) is 3.22. The summed E-state index contributed by atoms with van der Waals surface area (Å²) in [7, 11) is 1.59. The zero-order chi connectivity index (χ0) is 19.7. The van der Waals surface area contributed by atoms with Gasteiger partial charge in [-0.05, 0) is 42.0 Å². The van der Waals surface area contributed by atoms with Crippen LogP contribution in [0.25, 0.3) is 0 Å². The van der Waals surface area contributed by atoms with Gasteiger partial charge in [-0.15, -0.1) is 0 Å². The molecule has 7 heteroatoms. The van der Waals surface area contributed by atoms with Crippen LogP contribution in [0.4, 0.5) is 14.5 Å². The number of carbonyl (C=O) groups excluding carboxylic acids is 1. The van der Waals surface area contributed by atoms with Crippen molar-refractivity contribution in [3.05, 3.63) is 89.2 Å². The van der Waals surface area contributed by atoms with Crippen molar-refractivity contribution in [3.63, 3.8) is 0 Å². The summed E-state index contributed by atoms with van der Waals surface area (Å²) in [6, 6.07) is 14.3. The molecule has 0 unspecified atom stereocenters. The van der Waals surface area contributed by atoms with Gasteiger partial charge in [0, 0.05) is 24.5 Å². The molecule has 0 spiro atoms. The lowest BCUT2D eigenvalue weighted by molar-refractivity contribution is 0.0727. The summed E-state index contributed by atoms with van der Waals surface area (Å²) in [4.78, 5) is 18.9. The Balaban J connectivity index is 1.66. The van der Waals surface area contributed by atoms with E-state index in [1.54, 1.807) is 30.3 Å². The maximum Gasteiger partial charge on any atom is 0.258 e. The first-order valence-corrected chi connectivity index (χ1v) is 8.67. The molecule has 0 radical (unpaired) electrons. The van der Waals surface area contributed by atoms with Crippen molar-refractivity contribution in [3.8, 4) is 5.75 Å². The third-order valence-corrected chi connectivity index (χ3v) is 4.64. The van der Waals surface area contributed by atoms with Crippen LogP contribution in [0.2, 0.25) is 0 Å². The third-order valence-electron chi connectivity index (χ3n) is 4.64. The molecule has 5 nitrogen and oxygen atoms in total. The molecule has 1 aliphatic heterocycles. The molecular weight excluding hydrogens is 364 g/mol. The number of nitrogens with zero attached hydrogens (tertiary/aromatic N) is 2. The van der Waals surface area contributed by atoms with Gasteiger partial charge in [-0.3, -0.25) is 9.78 Å². The number of methoxy groups -OCH3 is 1. The summed E-state index contributed by atoms with van der Waals surface area (Å²) < 4.78 is 32.0. The largest absolute Gasteiger partial charge is 0.497 e. The number of ether oxygens (including phenoxy) is 1. The fraction of sp³-hybridized carbons (Fsp3) is 0.143. The molecule has 142 valence electrons. The number of anilines is 1. The van der Waals surface area contributed by atoms with Gasteiger partial charge < -0.3 is 15.0 Å². The normalized spacial score (nSPS) is 15.5. The summed E-state index contributed by atoms with van der Waals surface area (Å²) in [5.74, 6) is -1.35. The van der Waals surface area contributed by atoms with Crippen LogP contribution in [0.1, 0.15) is 27.8 Å². The van der Waals surface area contributed by atoms with Gasteiger partial charge in [-0.1, -0.05) is 12.1 Å². The van der Waals surface area contributed by atoms with Crippen molar-refractivity contribution in [2.75, 3.05) is 12.4 Å². The van der Waals surface area contributed by atoms with Crippen molar-refractivity contribution in [2.45, 2.75) is 12.7 Å². The Labute approximate surface area is 160 Å². The lowest BCUT2D eigenvalue weighted by Crippen LogP contribution is -2.32. The number of halogens is 2. The molecule has 28 heavy (non-hydrogen) atoms. The van der Waals surface area contributed by atoms with E-state index in [0.717, 1.165) is 23.4 Å². The van der Waals surface area contributed by atoms with Crippen LogP contribution in [0.15, 0.2) is 60.8 Å². The lowest BCUT2D eigenvalue weighted by atomic mass is 10.2. The van der Waals surface area contributed by atoms with Crippen LogP contribution in [0, 0.1) is 11.6 Å². The van der Waals surface area contributed by atoms with E-state index in [4.69, 9.17) is 4.74 Å². The van der Waals surface area contributed by atoms with Gasteiger partial charge in [0.25, 0.3) is 5.91 Å². The SMILES string of the molecule is COc1ccc(CN2C(=O)c3cccnc3[C@@H]2Nc2ccc(F)c(F)c2)cc1. The van der Waals surface area contributed by atoms with Crippen LogP contribution in [-0.4, -0.2) is 22.9 Å². The third kappa shape index (κ3) is 3.26. The van der Waals surface area contributed by atoms with Crippen molar-refractivity contribution in [1.29, 1.82) is 0 Å². The van der Waals surface area contributed by atoms with E-state index in [1.807, 2.05) is 24.3 Å². The Bertz CT molecular complexity index is 1020. The Morgan fingerprint density at radius 2 is 1.89 bits per heavy atom. The van der Waals surface area contributed by atoms with Gasteiger partial charge >= 0.3 is 0 Å². The molecule has 1 aliphatic rings. The molecule has 4 rings (SSSR count). The summed E-state index contributed by atoms with van der Waals surface area (Å²) >= 11 is 0. The number of carbonyl (C=O) groups is 1. The summed E-state index contributed by atoms with van der Waals surface area (Å²) in [5.41, 5.74) is 2.29. The molecule has 0 bridgehead atoms. The number of aromatic nitrogens is 1. The molecule has 1 N–H and O–H groups in total. The zero-order valence-corrected chi connectivity index (χ0v) is 15.0. The molecule has 0 saturated heterocycles. The Morgan fingerprint density at radius 1 is 1.11 bits per heavy atom. The Hall–Kier alpha value is -3.48. The maximum absolute atomic E-state index is 13.6. The minimum absolute atomic E-state index is 0.181. The fourth-order valence-corrected chi connectivity index (χ4v) is 3.22. The number of rotatable bonds is 5. The van der Waals surface area contributed by atoms with Crippen molar-refractivity contribution in [2.24, 2.45) is 0 Å². The van der Waals surface area contributed by atoms with E-state index in [-0.39, 0.29) is 5.91 Å². The second-order valence-electron chi connectivity index (χ2n) is 6.39. The minimum Gasteiger partial charge on any atom is -0.497 e. The van der Waals surface area contributed by atoms with E-state index in [2.05, 4.69) is 10.3 Å². The number of hydrogen-bond acceptors (Lipinski definition) is 4. The second kappa shape index (κ2) is 7.26. The number of benzene rings is 2. The van der Waals surface area contributed by atoms with Gasteiger partial charge in [0.05, 0.1) is 18.4 Å². The summed E-state index contributed by atoms with van der Waals surface area (Å²) in [6.07, 6.45) is 0.999. The molecule has 0 saturated carbocycles.